The van der Waals surface area contributed by atoms with Crippen LogP contribution in [0.5, 0.6) is 5.75 Å². The zero-order valence-corrected chi connectivity index (χ0v) is 17.1. The van der Waals surface area contributed by atoms with E-state index >= 15 is 0 Å². The van der Waals surface area contributed by atoms with E-state index in [4.69, 9.17) is 15.6 Å². The summed E-state index contributed by atoms with van der Waals surface area (Å²) in [6.45, 7) is 2.72. The van der Waals surface area contributed by atoms with Crippen molar-refractivity contribution in [3.05, 3.63) is 42.5 Å². The second kappa shape index (κ2) is 8.67. The Morgan fingerprint density at radius 2 is 2.00 bits per heavy atom. The Hall–Kier alpha value is -3.19. The highest BCUT2D eigenvalue weighted by Gasteiger charge is 2.27. The zero-order valence-electron chi connectivity index (χ0n) is 17.1. The molecule has 30 heavy (non-hydrogen) atoms. The lowest BCUT2D eigenvalue weighted by atomic mass is 9.92. The molecule has 5 N–H and O–H groups in total. The first-order valence-electron chi connectivity index (χ1n) is 10.4. The number of carbonyl (C=O) groups excluding carboxylic acids is 1. The summed E-state index contributed by atoms with van der Waals surface area (Å²) in [4.78, 5) is 11.8. The summed E-state index contributed by atoms with van der Waals surface area (Å²) in [6.07, 6.45) is 3.50. The van der Waals surface area contributed by atoms with Gasteiger partial charge in [-0.15, -0.1) is 0 Å². The van der Waals surface area contributed by atoms with Crippen LogP contribution in [0, 0.1) is 0 Å². The third-order valence-electron chi connectivity index (χ3n) is 5.58. The minimum absolute atomic E-state index is 0.0949. The summed E-state index contributed by atoms with van der Waals surface area (Å²) in [6, 6.07) is 13.9. The molecule has 0 unspecified atom stereocenters. The summed E-state index contributed by atoms with van der Waals surface area (Å²) < 4.78 is 8.07. The Morgan fingerprint density at radius 3 is 2.63 bits per heavy atom. The topological polar surface area (TPSA) is 102 Å². The van der Waals surface area contributed by atoms with E-state index in [2.05, 4.69) is 21.3 Å². The van der Waals surface area contributed by atoms with Crippen LogP contribution in [0.25, 0.3) is 22.2 Å². The number of urea groups is 1. The van der Waals surface area contributed by atoms with Crippen molar-refractivity contribution >= 4 is 28.3 Å². The lowest BCUT2D eigenvalue weighted by Gasteiger charge is -2.30. The first-order chi connectivity index (χ1) is 14.6. The summed E-state index contributed by atoms with van der Waals surface area (Å²) >= 11 is 0. The molecule has 2 amide bonds. The Kier molecular flexibility index (Phi) is 5.81. The number of amides is 2. The van der Waals surface area contributed by atoms with Gasteiger partial charge >= 0.3 is 6.03 Å². The average molecular weight is 409 g/mol. The molecule has 1 aliphatic rings. The Bertz CT molecular complexity index is 1040. The molecular weight excluding hydrogens is 380 g/mol. The lowest BCUT2D eigenvalue weighted by molar-refractivity contribution is 0.245. The molecule has 1 aromatic heterocycles. The number of nitrogens with zero attached hydrogens (tertiary/aromatic N) is 1. The van der Waals surface area contributed by atoms with E-state index in [1.165, 1.54) is 6.42 Å². The molecular formula is C23H28N4O3. The van der Waals surface area contributed by atoms with Gasteiger partial charge in [0.2, 0.25) is 0 Å². The molecule has 4 rings (SSSR count). The number of anilines is 2. The van der Waals surface area contributed by atoms with Crippen LogP contribution in [0.4, 0.5) is 16.2 Å². The molecule has 158 valence electrons. The lowest BCUT2D eigenvalue weighted by Crippen LogP contribution is -2.30. The highest BCUT2D eigenvalue weighted by molar-refractivity contribution is 6.02. The highest BCUT2D eigenvalue weighted by Crippen LogP contribution is 2.44. The number of nitrogens with two attached hydrogens (primary N) is 1. The molecule has 3 aromatic rings. The Labute approximate surface area is 175 Å². The first kappa shape index (κ1) is 20.1. The van der Waals surface area contributed by atoms with Crippen molar-refractivity contribution in [3.63, 3.8) is 0 Å². The van der Waals surface area contributed by atoms with Gasteiger partial charge in [0, 0.05) is 35.3 Å². The summed E-state index contributed by atoms with van der Waals surface area (Å²) in [5.41, 5.74) is 11.2. The molecule has 1 fully saturated rings. The predicted octanol–water partition coefficient (Wildman–Crippen LogP) is 4.13. The predicted molar refractivity (Wildman–Crippen MR) is 120 cm³/mol. The molecule has 0 spiro atoms. The van der Waals surface area contributed by atoms with E-state index < -0.39 is 0 Å². The number of carbonyl (C=O) groups is 1. The van der Waals surface area contributed by atoms with Gasteiger partial charge in [-0.3, -0.25) is 0 Å². The van der Waals surface area contributed by atoms with Gasteiger partial charge in [-0.2, -0.15) is 0 Å². The first-order valence-corrected chi connectivity index (χ1v) is 10.4. The number of hydrogen-bond acceptors (Lipinski definition) is 4. The van der Waals surface area contributed by atoms with Crippen LogP contribution >= 0.6 is 0 Å². The molecule has 7 heteroatoms. The van der Waals surface area contributed by atoms with Gasteiger partial charge in [-0.05, 0) is 50.5 Å². The van der Waals surface area contributed by atoms with Crippen LogP contribution in [0.3, 0.4) is 0 Å². The quantitative estimate of drug-likeness (QED) is 0.472. The Balaban J connectivity index is 1.71. The van der Waals surface area contributed by atoms with Crippen LogP contribution in [-0.4, -0.2) is 35.5 Å². The number of hydrogen-bond donors (Lipinski definition) is 4. The van der Waals surface area contributed by atoms with Crippen LogP contribution in [0.1, 0.15) is 32.2 Å². The monoisotopic (exact) mass is 408 g/mol. The van der Waals surface area contributed by atoms with E-state index in [-0.39, 0.29) is 19.2 Å². The molecule has 1 aliphatic carbocycles. The number of fused-ring (bicyclic) bond motifs is 1. The second-order valence-electron chi connectivity index (χ2n) is 7.51. The summed E-state index contributed by atoms with van der Waals surface area (Å²) in [5.74, 6) is 0.850. The number of rotatable bonds is 7. The van der Waals surface area contributed by atoms with Crippen molar-refractivity contribution in [2.24, 2.45) is 0 Å². The molecule has 7 nitrogen and oxygen atoms in total. The fourth-order valence-electron chi connectivity index (χ4n) is 3.95. The van der Waals surface area contributed by atoms with Gasteiger partial charge in [0.05, 0.1) is 30.1 Å². The summed E-state index contributed by atoms with van der Waals surface area (Å²) in [5, 5.41) is 15.2. The van der Waals surface area contributed by atoms with Gasteiger partial charge in [-0.25, -0.2) is 4.79 Å². The standard InChI is InChI=1S/C23H28N4O3/c1-2-30-18-10-11-19-20(14-18)27(17-4-3-5-17)22(21(19)24)15-6-8-16(9-7-15)26-23(29)25-12-13-28/h6-11,14,17,28H,2-5,12-13,24H2,1H3,(H2,25,26,29). The third kappa shape index (κ3) is 3.80. The maximum absolute atomic E-state index is 11.8. The van der Waals surface area contributed by atoms with Gasteiger partial charge in [-0.1, -0.05) is 12.1 Å². The normalized spacial score (nSPS) is 13.8. The number of nitrogens with one attached hydrogen (secondary N) is 2. The largest absolute Gasteiger partial charge is 0.494 e. The molecule has 0 saturated heterocycles. The second-order valence-corrected chi connectivity index (χ2v) is 7.51. The molecule has 1 saturated carbocycles. The minimum Gasteiger partial charge on any atom is -0.494 e. The van der Waals surface area contributed by atoms with Crippen molar-refractivity contribution < 1.29 is 14.6 Å². The van der Waals surface area contributed by atoms with E-state index in [0.717, 1.165) is 46.4 Å². The maximum atomic E-state index is 11.8. The number of aliphatic hydroxyl groups is 1. The molecule has 0 aliphatic heterocycles. The number of benzene rings is 2. The smallest absolute Gasteiger partial charge is 0.319 e. The molecule has 2 aromatic carbocycles. The average Bonchev–Trinajstić information content (AvgIpc) is 2.98. The molecule has 1 heterocycles. The van der Waals surface area contributed by atoms with Gasteiger partial charge in [0.1, 0.15) is 5.75 Å². The maximum Gasteiger partial charge on any atom is 0.319 e. The van der Waals surface area contributed by atoms with Crippen molar-refractivity contribution in [1.29, 1.82) is 0 Å². The van der Waals surface area contributed by atoms with E-state index in [9.17, 15) is 4.79 Å². The number of nitrogen functional groups attached to an aromatic ring is 1. The highest BCUT2D eigenvalue weighted by atomic mass is 16.5. The van der Waals surface area contributed by atoms with Crippen molar-refractivity contribution in [1.82, 2.24) is 9.88 Å². The fraction of sp³-hybridized carbons (Fsp3) is 0.348. The van der Waals surface area contributed by atoms with Gasteiger partial charge < -0.3 is 30.8 Å². The third-order valence-corrected chi connectivity index (χ3v) is 5.58. The van der Waals surface area contributed by atoms with Crippen LogP contribution in [-0.2, 0) is 0 Å². The van der Waals surface area contributed by atoms with Crippen LogP contribution in [0.15, 0.2) is 42.5 Å². The zero-order chi connectivity index (χ0) is 21.1. The Morgan fingerprint density at radius 1 is 1.23 bits per heavy atom. The van der Waals surface area contributed by atoms with Crippen LogP contribution in [0.2, 0.25) is 0 Å². The fourth-order valence-corrected chi connectivity index (χ4v) is 3.95. The van der Waals surface area contributed by atoms with E-state index in [0.29, 0.717) is 18.3 Å². The van der Waals surface area contributed by atoms with E-state index in [1.807, 2.05) is 43.3 Å². The van der Waals surface area contributed by atoms with Crippen molar-refractivity contribution in [2.75, 3.05) is 30.8 Å². The molecule has 0 atom stereocenters. The summed E-state index contributed by atoms with van der Waals surface area (Å²) in [7, 11) is 0. The van der Waals surface area contributed by atoms with Crippen molar-refractivity contribution in [3.8, 4) is 17.0 Å². The minimum atomic E-state index is -0.344. The van der Waals surface area contributed by atoms with Gasteiger partial charge in [0.15, 0.2) is 0 Å². The van der Waals surface area contributed by atoms with Gasteiger partial charge in [0.25, 0.3) is 0 Å². The SMILES string of the molecule is CCOc1ccc2c(N)c(-c3ccc(NC(=O)NCCO)cc3)n(C3CCC3)c2c1. The van der Waals surface area contributed by atoms with Crippen molar-refractivity contribution in [2.45, 2.75) is 32.2 Å². The number of aliphatic hydroxyl groups excluding tert-OH is 1. The van der Waals surface area contributed by atoms with E-state index in [1.54, 1.807) is 0 Å². The number of ether oxygens (including phenoxy) is 1. The molecule has 0 bridgehead atoms. The van der Waals surface area contributed by atoms with Crippen LogP contribution < -0.4 is 21.1 Å². The number of aromatic nitrogens is 1. The molecule has 0 radical (unpaired) electrons.